The van der Waals surface area contributed by atoms with E-state index in [0.29, 0.717) is 11.6 Å². The van der Waals surface area contributed by atoms with Gasteiger partial charge >= 0.3 is 0 Å². The summed E-state index contributed by atoms with van der Waals surface area (Å²) < 4.78 is 0.810. The van der Waals surface area contributed by atoms with Crippen LogP contribution in [0.4, 0.5) is 0 Å². The van der Waals surface area contributed by atoms with E-state index in [-0.39, 0.29) is 11.9 Å². The Hall–Kier alpha value is -0.880. The summed E-state index contributed by atoms with van der Waals surface area (Å²) >= 11 is 3.52. The van der Waals surface area contributed by atoms with Crippen LogP contribution in [0.3, 0.4) is 0 Å². The predicted octanol–water partition coefficient (Wildman–Crippen LogP) is 2.51. The largest absolute Gasteiger partial charge is 0.333 e. The van der Waals surface area contributed by atoms with Gasteiger partial charge in [0.2, 0.25) is 0 Å². The molecule has 1 saturated heterocycles. The summed E-state index contributed by atoms with van der Waals surface area (Å²) in [7, 11) is 0. The molecule has 1 amide bonds. The number of aromatic amines is 1. The number of nitrogens with one attached hydrogen (secondary N) is 2. The van der Waals surface area contributed by atoms with Crippen LogP contribution in [0.25, 0.3) is 0 Å². The first-order chi connectivity index (χ1) is 9.56. The summed E-state index contributed by atoms with van der Waals surface area (Å²) in [6.45, 7) is 8.90. The molecule has 1 aliphatic heterocycles. The Bertz CT molecular complexity index is 466. The molecule has 1 aliphatic rings. The van der Waals surface area contributed by atoms with E-state index in [1.54, 1.807) is 0 Å². The second-order valence-corrected chi connectivity index (χ2v) is 6.39. The molecule has 2 N–H and O–H groups in total. The Morgan fingerprint density at radius 2 is 2.30 bits per heavy atom. The van der Waals surface area contributed by atoms with Crippen LogP contribution in [-0.2, 0) is 0 Å². The number of hydrogen-bond donors (Lipinski definition) is 2. The average molecular weight is 343 g/mol. The number of carbonyl (C=O) groups is 1. The first-order valence-corrected chi connectivity index (χ1v) is 8.11. The van der Waals surface area contributed by atoms with Gasteiger partial charge in [0, 0.05) is 19.1 Å². The van der Waals surface area contributed by atoms with Gasteiger partial charge in [-0.05, 0) is 41.2 Å². The summed E-state index contributed by atoms with van der Waals surface area (Å²) in [5.41, 5.74) is 1.49. The summed E-state index contributed by atoms with van der Waals surface area (Å²) in [4.78, 5) is 14.7. The van der Waals surface area contributed by atoms with Crippen LogP contribution in [0.1, 0.15) is 55.7 Å². The molecule has 1 aromatic heterocycles. The lowest BCUT2D eigenvalue weighted by Gasteiger charge is -2.27. The number of nitrogens with zero attached hydrogens (tertiary/aromatic N) is 2. The van der Waals surface area contributed by atoms with E-state index in [1.807, 2.05) is 4.90 Å². The highest BCUT2D eigenvalue weighted by atomic mass is 79.9. The third kappa shape index (κ3) is 3.06. The van der Waals surface area contributed by atoms with Gasteiger partial charge < -0.3 is 10.2 Å². The van der Waals surface area contributed by atoms with Gasteiger partial charge in [-0.15, -0.1) is 0 Å². The van der Waals surface area contributed by atoms with Gasteiger partial charge in [-0.25, -0.2) is 0 Å². The van der Waals surface area contributed by atoms with Gasteiger partial charge in [-0.3, -0.25) is 9.89 Å². The van der Waals surface area contributed by atoms with Crippen LogP contribution < -0.4 is 5.32 Å². The molecular weight excluding hydrogens is 320 g/mol. The standard InChI is InChI=1S/C14H23BrN4O/c1-4-7-19(10-5-6-16-8-10)14(20)13-11(15)12(9(2)3)17-18-13/h9-10,16H,4-8H2,1-3H3,(H,17,18). The zero-order valence-corrected chi connectivity index (χ0v) is 14.0. The molecule has 2 heterocycles. The molecule has 0 aromatic carbocycles. The molecule has 2 rings (SSSR count). The van der Waals surface area contributed by atoms with Crippen molar-refractivity contribution >= 4 is 21.8 Å². The molecule has 0 bridgehead atoms. The van der Waals surface area contributed by atoms with Crippen LogP contribution in [-0.4, -0.2) is 46.7 Å². The minimum atomic E-state index is 0.0237. The quantitative estimate of drug-likeness (QED) is 0.864. The van der Waals surface area contributed by atoms with Gasteiger partial charge in [0.15, 0.2) is 5.69 Å². The van der Waals surface area contributed by atoms with Crippen molar-refractivity contribution in [2.45, 2.75) is 45.6 Å². The molecule has 20 heavy (non-hydrogen) atoms. The lowest BCUT2D eigenvalue weighted by Crippen LogP contribution is -2.42. The van der Waals surface area contributed by atoms with Gasteiger partial charge in [0.05, 0.1) is 10.2 Å². The molecule has 1 atom stereocenters. The maximum absolute atomic E-state index is 12.8. The first-order valence-electron chi connectivity index (χ1n) is 7.31. The van der Waals surface area contributed by atoms with Crippen LogP contribution in [0.15, 0.2) is 4.47 Å². The molecular formula is C14H23BrN4O. The number of halogens is 1. The van der Waals surface area contributed by atoms with Gasteiger partial charge in [0.1, 0.15) is 0 Å². The second-order valence-electron chi connectivity index (χ2n) is 5.60. The number of amides is 1. The zero-order chi connectivity index (χ0) is 14.7. The molecule has 0 radical (unpaired) electrons. The summed E-state index contributed by atoms with van der Waals surface area (Å²) in [6.07, 6.45) is 1.98. The number of H-pyrrole nitrogens is 1. The minimum Gasteiger partial charge on any atom is -0.333 e. The van der Waals surface area contributed by atoms with E-state index >= 15 is 0 Å². The maximum Gasteiger partial charge on any atom is 0.275 e. The third-order valence-electron chi connectivity index (χ3n) is 3.71. The van der Waals surface area contributed by atoms with Crippen LogP contribution in [0, 0.1) is 0 Å². The number of rotatable bonds is 5. The van der Waals surface area contributed by atoms with Crippen LogP contribution >= 0.6 is 15.9 Å². The summed E-state index contributed by atoms with van der Waals surface area (Å²) in [6, 6.07) is 0.286. The van der Waals surface area contributed by atoms with Crippen molar-refractivity contribution in [2.24, 2.45) is 0 Å². The van der Waals surface area contributed by atoms with Crippen LogP contribution in [0.5, 0.6) is 0 Å². The molecule has 1 aromatic rings. The van der Waals surface area contributed by atoms with E-state index < -0.39 is 0 Å². The number of hydrogen-bond acceptors (Lipinski definition) is 3. The Morgan fingerprint density at radius 3 is 2.80 bits per heavy atom. The smallest absolute Gasteiger partial charge is 0.275 e. The lowest BCUT2D eigenvalue weighted by molar-refractivity contribution is 0.0685. The Morgan fingerprint density at radius 1 is 1.55 bits per heavy atom. The van der Waals surface area contributed by atoms with Crippen molar-refractivity contribution in [1.29, 1.82) is 0 Å². The molecule has 112 valence electrons. The van der Waals surface area contributed by atoms with E-state index in [2.05, 4.69) is 52.2 Å². The maximum atomic E-state index is 12.8. The molecule has 0 aliphatic carbocycles. The SMILES string of the molecule is CCCN(C(=O)c1n[nH]c(C(C)C)c1Br)C1CCNC1. The van der Waals surface area contributed by atoms with Crippen molar-refractivity contribution < 1.29 is 4.79 Å². The fourth-order valence-electron chi connectivity index (χ4n) is 2.60. The highest BCUT2D eigenvalue weighted by molar-refractivity contribution is 9.10. The van der Waals surface area contributed by atoms with Gasteiger partial charge in [-0.1, -0.05) is 20.8 Å². The summed E-state index contributed by atoms with van der Waals surface area (Å²) in [5, 5.41) is 10.5. The minimum absolute atomic E-state index is 0.0237. The molecule has 1 unspecified atom stereocenters. The van der Waals surface area contributed by atoms with Gasteiger partial charge in [-0.2, -0.15) is 5.10 Å². The summed E-state index contributed by atoms with van der Waals surface area (Å²) in [5.74, 6) is 0.335. The topological polar surface area (TPSA) is 61.0 Å². The Kier molecular flexibility index (Phi) is 5.21. The highest BCUT2D eigenvalue weighted by Crippen LogP contribution is 2.27. The Labute approximate surface area is 128 Å². The monoisotopic (exact) mass is 342 g/mol. The van der Waals surface area contributed by atoms with Crippen molar-refractivity contribution in [3.8, 4) is 0 Å². The molecule has 1 fully saturated rings. The third-order valence-corrected chi connectivity index (χ3v) is 4.52. The van der Waals surface area contributed by atoms with Crippen LogP contribution in [0.2, 0.25) is 0 Å². The molecule has 6 heteroatoms. The van der Waals surface area contributed by atoms with Crippen molar-refractivity contribution in [3.05, 3.63) is 15.9 Å². The predicted molar refractivity (Wildman–Crippen MR) is 83.0 cm³/mol. The Balaban J connectivity index is 2.22. The molecule has 0 spiro atoms. The first kappa shape index (κ1) is 15.5. The zero-order valence-electron chi connectivity index (χ0n) is 12.4. The van der Waals surface area contributed by atoms with E-state index in [4.69, 9.17) is 0 Å². The average Bonchev–Trinajstić information content (AvgIpc) is 3.04. The van der Waals surface area contributed by atoms with E-state index in [1.165, 1.54) is 0 Å². The van der Waals surface area contributed by atoms with Crippen molar-refractivity contribution in [2.75, 3.05) is 19.6 Å². The number of aromatic nitrogens is 2. The normalized spacial score (nSPS) is 18.8. The van der Waals surface area contributed by atoms with E-state index in [9.17, 15) is 4.79 Å². The second kappa shape index (κ2) is 6.72. The highest BCUT2D eigenvalue weighted by Gasteiger charge is 2.30. The number of carbonyl (C=O) groups excluding carboxylic acids is 1. The fraction of sp³-hybridized carbons (Fsp3) is 0.714. The van der Waals surface area contributed by atoms with Gasteiger partial charge in [0.25, 0.3) is 5.91 Å². The van der Waals surface area contributed by atoms with E-state index in [0.717, 1.165) is 42.6 Å². The molecule has 0 saturated carbocycles. The molecule has 5 nitrogen and oxygen atoms in total. The lowest BCUT2D eigenvalue weighted by atomic mass is 10.1. The fourth-order valence-corrected chi connectivity index (χ4v) is 3.40. The van der Waals surface area contributed by atoms with Crippen molar-refractivity contribution in [1.82, 2.24) is 20.4 Å². The van der Waals surface area contributed by atoms with Crippen molar-refractivity contribution in [3.63, 3.8) is 0 Å².